The lowest BCUT2D eigenvalue weighted by Gasteiger charge is -2.15. The van der Waals surface area contributed by atoms with E-state index in [9.17, 15) is 14.7 Å². The molecule has 508 valence electrons. The first kappa shape index (κ1) is 83.9. The Hall–Kier alpha value is -1.10. The average Bonchev–Trinajstić information content (AvgIpc) is 3.52. The molecule has 1 unspecified atom stereocenters. The van der Waals surface area contributed by atoms with Gasteiger partial charge in [0, 0.05) is 12.8 Å². The fraction of sp³-hybridized carbons (Fsp3) is 0.975. The van der Waals surface area contributed by atoms with Gasteiger partial charge < -0.3 is 14.6 Å². The Morgan fingerprint density at radius 2 is 0.365 bits per heavy atom. The van der Waals surface area contributed by atoms with Gasteiger partial charge in [-0.3, -0.25) is 9.59 Å². The minimum absolute atomic E-state index is 0.0551. The van der Waals surface area contributed by atoms with Crippen LogP contribution in [0.1, 0.15) is 483 Å². The minimum Gasteiger partial charge on any atom is -0.462 e. The molecule has 0 aromatic carbocycles. The second-order valence-electron chi connectivity index (χ2n) is 27.9. The maximum Gasteiger partial charge on any atom is 0.306 e. The number of ether oxygens (including phenoxy) is 2. The highest BCUT2D eigenvalue weighted by Gasteiger charge is 2.16. The normalized spacial score (nSPS) is 12.0. The van der Waals surface area contributed by atoms with Crippen LogP contribution in [0.4, 0.5) is 0 Å². The summed E-state index contributed by atoms with van der Waals surface area (Å²) in [6.45, 7) is 4.24. The van der Waals surface area contributed by atoms with Gasteiger partial charge in [0.25, 0.3) is 0 Å². The number of unbranched alkanes of at least 4 members (excludes halogenated alkanes) is 69. The van der Waals surface area contributed by atoms with E-state index in [-0.39, 0.29) is 25.2 Å². The van der Waals surface area contributed by atoms with Gasteiger partial charge in [0.15, 0.2) is 6.10 Å². The Kier molecular flexibility index (Phi) is 76.1. The van der Waals surface area contributed by atoms with Crippen molar-refractivity contribution >= 4 is 11.9 Å². The van der Waals surface area contributed by atoms with E-state index in [4.69, 9.17) is 9.47 Å². The maximum absolute atomic E-state index is 12.4. The summed E-state index contributed by atoms with van der Waals surface area (Å²) in [6, 6.07) is 0. The Morgan fingerprint density at radius 3 is 0.518 bits per heavy atom. The number of esters is 2. The fourth-order valence-corrected chi connectivity index (χ4v) is 13.2. The zero-order valence-electron chi connectivity index (χ0n) is 58.7. The van der Waals surface area contributed by atoms with Crippen molar-refractivity contribution in [1.82, 2.24) is 0 Å². The van der Waals surface area contributed by atoms with Crippen molar-refractivity contribution in [3.05, 3.63) is 0 Å². The molecular formula is C80H158O5. The summed E-state index contributed by atoms with van der Waals surface area (Å²) < 4.78 is 10.8. The number of carbonyl (C=O) groups is 2. The first-order valence-corrected chi connectivity index (χ1v) is 40.1. The summed E-state index contributed by atoms with van der Waals surface area (Å²) >= 11 is 0. The van der Waals surface area contributed by atoms with E-state index in [1.54, 1.807) is 0 Å². The van der Waals surface area contributed by atoms with Crippen LogP contribution in [0.3, 0.4) is 0 Å². The maximum atomic E-state index is 12.4. The number of rotatable bonds is 77. The number of carbonyl (C=O) groups excluding carboxylic acids is 2. The Bertz CT molecular complexity index is 1220. The Labute approximate surface area is 535 Å². The van der Waals surface area contributed by atoms with Crippen LogP contribution in [0.5, 0.6) is 0 Å². The smallest absolute Gasteiger partial charge is 0.306 e. The number of aliphatic hydroxyl groups excluding tert-OH is 1. The third kappa shape index (κ3) is 75.3. The van der Waals surface area contributed by atoms with Gasteiger partial charge in [0.05, 0.1) is 6.61 Å². The molecule has 1 N–H and O–H groups in total. The molecule has 5 heteroatoms. The summed E-state index contributed by atoms with van der Waals surface area (Å²) in [5, 5.41) is 9.73. The van der Waals surface area contributed by atoms with E-state index in [2.05, 4.69) is 13.8 Å². The van der Waals surface area contributed by atoms with Gasteiger partial charge in [-0.1, -0.05) is 457 Å². The number of hydrogen-bond donors (Lipinski definition) is 1. The molecule has 0 radical (unpaired) electrons. The van der Waals surface area contributed by atoms with Crippen LogP contribution in [-0.2, 0) is 19.1 Å². The zero-order chi connectivity index (χ0) is 61.2. The summed E-state index contributed by atoms with van der Waals surface area (Å²) in [5.41, 5.74) is 0. The molecule has 5 nitrogen and oxygen atoms in total. The van der Waals surface area contributed by atoms with Crippen LogP contribution < -0.4 is 0 Å². The molecule has 0 rings (SSSR count). The van der Waals surface area contributed by atoms with Crippen LogP contribution in [0.25, 0.3) is 0 Å². The van der Waals surface area contributed by atoms with Gasteiger partial charge in [-0.15, -0.1) is 0 Å². The molecule has 0 aliphatic heterocycles. The molecule has 0 aliphatic rings. The van der Waals surface area contributed by atoms with Crippen LogP contribution in [0.15, 0.2) is 0 Å². The lowest BCUT2D eigenvalue weighted by molar-refractivity contribution is -0.161. The molecule has 0 fully saturated rings. The van der Waals surface area contributed by atoms with Crippen molar-refractivity contribution in [2.75, 3.05) is 13.2 Å². The van der Waals surface area contributed by atoms with E-state index in [1.807, 2.05) is 0 Å². The average molecular weight is 1200 g/mol. The molecule has 0 amide bonds. The molecule has 0 saturated heterocycles. The zero-order valence-corrected chi connectivity index (χ0v) is 58.7. The van der Waals surface area contributed by atoms with Crippen molar-refractivity contribution in [3.63, 3.8) is 0 Å². The van der Waals surface area contributed by atoms with E-state index in [0.29, 0.717) is 12.8 Å². The lowest BCUT2D eigenvalue weighted by Crippen LogP contribution is -2.28. The first-order chi connectivity index (χ1) is 42.1. The van der Waals surface area contributed by atoms with Crippen molar-refractivity contribution < 1.29 is 24.2 Å². The van der Waals surface area contributed by atoms with Crippen molar-refractivity contribution in [2.45, 2.75) is 489 Å². The quantitative estimate of drug-likeness (QED) is 0.0485. The van der Waals surface area contributed by atoms with Crippen molar-refractivity contribution in [1.29, 1.82) is 0 Å². The molecule has 0 bridgehead atoms. The van der Waals surface area contributed by atoms with Crippen LogP contribution in [0.2, 0.25) is 0 Å². The fourth-order valence-electron chi connectivity index (χ4n) is 13.2. The van der Waals surface area contributed by atoms with Gasteiger partial charge in [-0.2, -0.15) is 0 Å². The molecule has 0 spiro atoms. The molecule has 85 heavy (non-hydrogen) atoms. The van der Waals surface area contributed by atoms with Crippen LogP contribution in [0, 0.1) is 0 Å². The molecule has 0 saturated carbocycles. The van der Waals surface area contributed by atoms with Crippen LogP contribution >= 0.6 is 0 Å². The van der Waals surface area contributed by atoms with Gasteiger partial charge in [0.1, 0.15) is 6.61 Å². The Balaban J connectivity index is 3.33. The standard InChI is InChI=1S/C80H158O5/c1-3-5-7-9-11-13-15-17-19-21-23-25-27-29-31-33-35-37-39-40-41-43-45-47-49-51-53-55-57-59-61-63-65-67-69-71-73-75-80(83)85-78(76-81)77-84-79(82)74-72-70-68-66-64-62-60-58-56-54-52-50-48-46-44-42-38-36-34-32-30-28-26-24-22-20-18-16-14-12-10-8-6-4-2/h78,81H,3-77H2,1-2H3. The van der Waals surface area contributed by atoms with Gasteiger partial charge in [-0.25, -0.2) is 0 Å². The summed E-state index contributed by atoms with van der Waals surface area (Å²) in [6.07, 6.45) is 99.3. The second-order valence-corrected chi connectivity index (χ2v) is 27.9. The Morgan fingerprint density at radius 1 is 0.224 bits per heavy atom. The SMILES string of the molecule is CCCCCCCCCCCCCCCCCCCCCCCCCCCCCCCCCCCCCCCC(=O)OC(CO)COC(=O)CCCCCCCCCCCCCCCCCCCCCCCCCCCCCCCCCCCC. The molecule has 1 atom stereocenters. The van der Waals surface area contributed by atoms with E-state index in [1.165, 1.54) is 424 Å². The third-order valence-corrected chi connectivity index (χ3v) is 19.2. The van der Waals surface area contributed by atoms with Crippen LogP contribution in [-0.4, -0.2) is 36.4 Å². The van der Waals surface area contributed by atoms with E-state index < -0.39 is 6.10 Å². The third-order valence-electron chi connectivity index (χ3n) is 19.2. The van der Waals surface area contributed by atoms with Crippen molar-refractivity contribution in [3.8, 4) is 0 Å². The summed E-state index contributed by atoms with van der Waals surface area (Å²) in [7, 11) is 0. The van der Waals surface area contributed by atoms with Crippen molar-refractivity contribution in [2.24, 2.45) is 0 Å². The summed E-state index contributed by atoms with van der Waals surface area (Å²) in [5.74, 6) is -0.555. The predicted molar refractivity (Wildman–Crippen MR) is 376 cm³/mol. The predicted octanol–water partition coefficient (Wildman–Crippen LogP) is 28.0. The molecule has 0 aliphatic carbocycles. The second kappa shape index (κ2) is 77.1. The number of hydrogen-bond acceptors (Lipinski definition) is 5. The van der Waals surface area contributed by atoms with Gasteiger partial charge in [0.2, 0.25) is 0 Å². The molecule has 0 heterocycles. The van der Waals surface area contributed by atoms with E-state index in [0.717, 1.165) is 32.1 Å². The first-order valence-electron chi connectivity index (χ1n) is 40.1. The highest BCUT2D eigenvalue weighted by atomic mass is 16.6. The number of aliphatic hydroxyl groups is 1. The van der Waals surface area contributed by atoms with E-state index >= 15 is 0 Å². The van der Waals surface area contributed by atoms with Gasteiger partial charge >= 0.3 is 11.9 Å². The minimum atomic E-state index is -0.766. The topological polar surface area (TPSA) is 72.8 Å². The summed E-state index contributed by atoms with van der Waals surface area (Å²) in [4.78, 5) is 24.7. The van der Waals surface area contributed by atoms with Gasteiger partial charge in [-0.05, 0) is 12.8 Å². The highest BCUT2D eigenvalue weighted by molar-refractivity contribution is 5.70. The largest absolute Gasteiger partial charge is 0.462 e. The molecular weight excluding hydrogens is 1040 g/mol. The monoisotopic (exact) mass is 1200 g/mol. The highest BCUT2D eigenvalue weighted by Crippen LogP contribution is 2.21. The molecule has 0 aromatic heterocycles. The lowest BCUT2D eigenvalue weighted by atomic mass is 10.0. The molecule has 0 aromatic rings.